The normalized spacial score (nSPS) is 10.5. The minimum absolute atomic E-state index is 0.205. The number of rotatable bonds is 5. The molecule has 0 saturated carbocycles. The fourth-order valence-electron chi connectivity index (χ4n) is 1.77. The molecule has 2 aromatic carbocycles. The summed E-state index contributed by atoms with van der Waals surface area (Å²) >= 11 is 3.57. The molecule has 0 aliphatic rings. The summed E-state index contributed by atoms with van der Waals surface area (Å²) in [4.78, 5) is 0. The Morgan fingerprint density at radius 2 is 2.00 bits per heavy atom. The molecule has 0 atom stereocenters. The Morgan fingerprint density at radius 3 is 2.78 bits per heavy atom. The molecule has 0 aliphatic heterocycles. The van der Waals surface area contributed by atoms with Crippen molar-refractivity contribution in [3.63, 3.8) is 0 Å². The van der Waals surface area contributed by atoms with E-state index in [1.54, 1.807) is 0 Å². The van der Waals surface area contributed by atoms with Crippen molar-refractivity contribution < 1.29 is 4.74 Å². The van der Waals surface area contributed by atoms with Crippen LogP contribution >= 0.6 is 15.9 Å². The predicted molar refractivity (Wildman–Crippen MR) is 78.3 cm³/mol. The van der Waals surface area contributed by atoms with Gasteiger partial charge in [0.1, 0.15) is 5.75 Å². The molecule has 0 saturated heterocycles. The van der Waals surface area contributed by atoms with Crippen LogP contribution in [0.15, 0.2) is 40.9 Å². The number of nitrogens with two attached hydrogens (primary N) is 1. The van der Waals surface area contributed by atoms with Crippen molar-refractivity contribution in [1.82, 2.24) is 0 Å². The van der Waals surface area contributed by atoms with Gasteiger partial charge >= 0.3 is 0 Å². The number of amidine groups is 1. The van der Waals surface area contributed by atoms with Crippen molar-refractivity contribution in [3.05, 3.63) is 40.9 Å². The zero-order chi connectivity index (χ0) is 13.0. The highest BCUT2D eigenvalue weighted by Crippen LogP contribution is 2.33. The summed E-state index contributed by atoms with van der Waals surface area (Å²) in [5, 5.41) is 9.46. The first-order chi connectivity index (χ1) is 8.68. The predicted octanol–water partition coefficient (Wildman–Crippen LogP) is 3.70. The molecule has 0 radical (unpaired) electrons. The maximum atomic E-state index is 7.14. The molecule has 0 bridgehead atoms. The molecular weight excluding hydrogens is 292 g/mol. The van der Waals surface area contributed by atoms with Gasteiger partial charge in [-0.15, -0.1) is 0 Å². The minimum Gasteiger partial charge on any atom is -0.492 e. The number of ether oxygens (including phenoxy) is 1. The van der Waals surface area contributed by atoms with E-state index in [2.05, 4.69) is 28.1 Å². The quantitative estimate of drug-likeness (QED) is 0.503. The molecule has 0 unspecified atom stereocenters. The Morgan fingerprint density at radius 1 is 1.22 bits per heavy atom. The number of halogens is 1. The van der Waals surface area contributed by atoms with E-state index in [9.17, 15) is 0 Å². The highest BCUT2D eigenvalue weighted by Gasteiger charge is 2.05. The average Bonchev–Trinajstić information content (AvgIpc) is 2.37. The third-order valence-corrected chi connectivity index (χ3v) is 3.49. The van der Waals surface area contributed by atoms with E-state index in [0.717, 1.165) is 22.0 Å². The van der Waals surface area contributed by atoms with E-state index in [1.165, 1.54) is 5.39 Å². The molecule has 0 amide bonds. The second-order valence-corrected chi connectivity index (χ2v) is 4.87. The van der Waals surface area contributed by atoms with Crippen LogP contribution < -0.4 is 10.5 Å². The van der Waals surface area contributed by atoms with Crippen LogP contribution in [0.2, 0.25) is 0 Å². The third-order valence-electron chi connectivity index (χ3n) is 2.68. The van der Waals surface area contributed by atoms with Crippen LogP contribution in [-0.2, 0) is 0 Å². The van der Waals surface area contributed by atoms with Crippen LogP contribution in [0.5, 0.6) is 5.75 Å². The zero-order valence-corrected chi connectivity index (χ0v) is 11.5. The van der Waals surface area contributed by atoms with Crippen molar-refractivity contribution in [2.75, 3.05) is 6.61 Å². The van der Waals surface area contributed by atoms with Crippen LogP contribution in [0.3, 0.4) is 0 Å². The van der Waals surface area contributed by atoms with Gasteiger partial charge in [0.05, 0.1) is 16.9 Å². The minimum atomic E-state index is 0.205. The van der Waals surface area contributed by atoms with Gasteiger partial charge in [-0.3, -0.25) is 5.41 Å². The Labute approximate surface area is 115 Å². The molecule has 2 aromatic rings. The van der Waals surface area contributed by atoms with E-state index in [0.29, 0.717) is 13.0 Å². The topological polar surface area (TPSA) is 59.1 Å². The first-order valence-electron chi connectivity index (χ1n) is 5.81. The van der Waals surface area contributed by atoms with Gasteiger partial charge in [-0.2, -0.15) is 0 Å². The zero-order valence-electron chi connectivity index (χ0n) is 9.95. The van der Waals surface area contributed by atoms with E-state index < -0.39 is 0 Å². The highest BCUT2D eigenvalue weighted by molar-refractivity contribution is 9.10. The number of nitrogens with one attached hydrogen (secondary N) is 1. The van der Waals surface area contributed by atoms with Crippen LogP contribution in [0.1, 0.15) is 12.8 Å². The fourth-order valence-corrected chi connectivity index (χ4v) is 2.38. The van der Waals surface area contributed by atoms with Crippen LogP contribution in [0.25, 0.3) is 10.8 Å². The van der Waals surface area contributed by atoms with Crippen LogP contribution in [0, 0.1) is 5.41 Å². The first kappa shape index (κ1) is 12.9. The number of fused-ring (bicyclic) bond motifs is 1. The van der Waals surface area contributed by atoms with Crippen molar-refractivity contribution in [1.29, 1.82) is 5.41 Å². The van der Waals surface area contributed by atoms with Gasteiger partial charge < -0.3 is 10.5 Å². The first-order valence-corrected chi connectivity index (χ1v) is 6.61. The maximum Gasteiger partial charge on any atom is 0.134 e. The van der Waals surface area contributed by atoms with Gasteiger partial charge in [0.2, 0.25) is 0 Å². The molecule has 3 nitrogen and oxygen atoms in total. The Hall–Kier alpha value is -1.55. The van der Waals surface area contributed by atoms with Crippen molar-refractivity contribution in [3.8, 4) is 5.75 Å². The van der Waals surface area contributed by atoms with E-state index in [1.807, 2.05) is 24.3 Å². The average molecular weight is 307 g/mol. The lowest BCUT2D eigenvalue weighted by Gasteiger charge is -2.10. The van der Waals surface area contributed by atoms with Gasteiger partial charge in [0.15, 0.2) is 0 Å². The molecule has 0 heterocycles. The van der Waals surface area contributed by atoms with Gasteiger partial charge in [-0.1, -0.05) is 30.3 Å². The molecule has 94 valence electrons. The van der Waals surface area contributed by atoms with Crippen molar-refractivity contribution in [2.45, 2.75) is 12.8 Å². The number of hydrogen-bond acceptors (Lipinski definition) is 2. The summed E-state index contributed by atoms with van der Waals surface area (Å²) in [6.45, 7) is 0.566. The summed E-state index contributed by atoms with van der Waals surface area (Å²) in [5.74, 6) is 1.04. The summed E-state index contributed by atoms with van der Waals surface area (Å²) in [7, 11) is 0. The van der Waals surface area contributed by atoms with Gasteiger partial charge in [-0.25, -0.2) is 0 Å². The lowest BCUT2D eigenvalue weighted by molar-refractivity contribution is 0.312. The standard InChI is InChI=1S/C14H15BrN2O/c15-14-11-5-2-1-4-10(11)7-8-12(14)18-9-3-6-13(16)17/h1-2,4-5,7-8H,3,6,9H2,(H3,16,17). The lowest BCUT2D eigenvalue weighted by Crippen LogP contribution is -2.11. The maximum absolute atomic E-state index is 7.14. The summed E-state index contributed by atoms with van der Waals surface area (Å²) in [6.07, 6.45) is 1.33. The summed E-state index contributed by atoms with van der Waals surface area (Å²) in [5.41, 5.74) is 5.29. The molecule has 4 heteroatoms. The van der Waals surface area contributed by atoms with Gasteiger partial charge in [0, 0.05) is 6.42 Å². The Bertz CT molecular complexity index is 569. The van der Waals surface area contributed by atoms with Crippen LogP contribution in [0.4, 0.5) is 0 Å². The lowest BCUT2D eigenvalue weighted by atomic mass is 10.1. The molecule has 0 spiro atoms. The molecule has 0 fully saturated rings. The van der Waals surface area contributed by atoms with E-state index in [4.69, 9.17) is 15.9 Å². The molecule has 3 N–H and O–H groups in total. The molecule has 0 aromatic heterocycles. The summed E-state index contributed by atoms with van der Waals surface area (Å²) in [6, 6.07) is 12.1. The Balaban J connectivity index is 2.09. The SMILES string of the molecule is N=C(N)CCCOc1ccc2ccccc2c1Br. The van der Waals surface area contributed by atoms with E-state index in [-0.39, 0.29) is 5.84 Å². The van der Waals surface area contributed by atoms with Crippen molar-refractivity contribution in [2.24, 2.45) is 5.73 Å². The number of benzene rings is 2. The smallest absolute Gasteiger partial charge is 0.134 e. The molecule has 18 heavy (non-hydrogen) atoms. The molecular formula is C14H15BrN2O. The molecule has 2 rings (SSSR count). The second-order valence-electron chi connectivity index (χ2n) is 4.08. The largest absolute Gasteiger partial charge is 0.492 e. The van der Waals surface area contributed by atoms with Gasteiger partial charge in [0.25, 0.3) is 0 Å². The third kappa shape index (κ3) is 3.01. The second kappa shape index (κ2) is 5.87. The van der Waals surface area contributed by atoms with Crippen LogP contribution in [-0.4, -0.2) is 12.4 Å². The van der Waals surface area contributed by atoms with Crippen molar-refractivity contribution >= 4 is 32.5 Å². The highest BCUT2D eigenvalue weighted by atomic mass is 79.9. The summed E-state index contributed by atoms with van der Waals surface area (Å²) < 4.78 is 6.67. The monoisotopic (exact) mass is 306 g/mol. The fraction of sp³-hybridized carbons (Fsp3) is 0.214. The van der Waals surface area contributed by atoms with Gasteiger partial charge in [-0.05, 0) is 39.2 Å². The Kier molecular flexibility index (Phi) is 4.20. The number of hydrogen-bond donors (Lipinski definition) is 2. The van der Waals surface area contributed by atoms with E-state index >= 15 is 0 Å². The molecule has 0 aliphatic carbocycles.